The zero-order chi connectivity index (χ0) is 27.6. The summed E-state index contributed by atoms with van der Waals surface area (Å²) < 4.78 is 19.8. The van der Waals surface area contributed by atoms with Crippen molar-refractivity contribution in [2.75, 3.05) is 13.6 Å². The molecule has 39 heavy (non-hydrogen) atoms. The van der Waals surface area contributed by atoms with E-state index in [1.165, 1.54) is 12.1 Å². The number of likely N-dealkylation sites (N-methyl/N-ethyl adjacent to an activating group) is 1. The van der Waals surface area contributed by atoms with Gasteiger partial charge in [0.25, 0.3) is 5.91 Å². The van der Waals surface area contributed by atoms with Crippen LogP contribution in [0.15, 0.2) is 85.1 Å². The summed E-state index contributed by atoms with van der Waals surface area (Å²) in [6, 6.07) is 21.2. The molecule has 2 amide bonds. The third kappa shape index (κ3) is 4.93. The first kappa shape index (κ1) is 25.9. The molecule has 1 aliphatic heterocycles. The van der Waals surface area contributed by atoms with Gasteiger partial charge in [-0.25, -0.2) is 4.39 Å². The predicted octanol–water partition coefficient (Wildman–Crippen LogP) is 4.59. The number of benzene rings is 3. The van der Waals surface area contributed by atoms with Crippen molar-refractivity contribution in [1.82, 2.24) is 20.5 Å². The number of halogens is 1. The van der Waals surface area contributed by atoms with E-state index in [4.69, 9.17) is 4.74 Å². The number of carbonyl (C=O) groups excluding carboxylic acids is 2. The third-order valence-corrected chi connectivity index (χ3v) is 7.17. The number of hydrogen-bond donors (Lipinski definition) is 2. The summed E-state index contributed by atoms with van der Waals surface area (Å²) in [5, 5.41) is 6.87. The third-order valence-electron chi connectivity index (χ3n) is 7.17. The molecule has 0 bridgehead atoms. The number of carbonyl (C=O) groups is 2. The minimum atomic E-state index is -1.17. The fourth-order valence-corrected chi connectivity index (χ4v) is 5.16. The van der Waals surface area contributed by atoms with Crippen molar-refractivity contribution in [3.05, 3.63) is 119 Å². The average Bonchev–Trinajstić information content (AvgIpc) is 3.25. The van der Waals surface area contributed by atoms with Gasteiger partial charge in [0.2, 0.25) is 6.41 Å². The Morgan fingerprint density at radius 3 is 2.67 bits per heavy atom. The molecule has 0 fully saturated rings. The summed E-state index contributed by atoms with van der Waals surface area (Å²) in [6.45, 7) is 6.83. The van der Waals surface area contributed by atoms with Crippen LogP contribution in [0.5, 0.6) is 5.75 Å². The number of pyridine rings is 1. The van der Waals surface area contributed by atoms with Gasteiger partial charge >= 0.3 is 0 Å². The molecule has 1 atom stereocenters. The molecule has 3 aromatic carbocycles. The van der Waals surface area contributed by atoms with Crippen LogP contribution in [0.25, 0.3) is 10.9 Å². The number of nitrogens with one attached hydrogen (secondary N) is 2. The van der Waals surface area contributed by atoms with Crippen molar-refractivity contribution in [3.8, 4) is 5.75 Å². The van der Waals surface area contributed by atoms with Gasteiger partial charge in [-0.2, -0.15) is 0 Å². The molecular formula is C31H29FN4O3. The van der Waals surface area contributed by atoms with E-state index in [0.29, 0.717) is 42.1 Å². The highest BCUT2D eigenvalue weighted by molar-refractivity contribution is 5.98. The van der Waals surface area contributed by atoms with Gasteiger partial charge in [-0.05, 0) is 60.5 Å². The molecule has 4 aromatic rings. The maximum atomic E-state index is 13.7. The maximum Gasteiger partial charge on any atom is 0.254 e. The summed E-state index contributed by atoms with van der Waals surface area (Å²) in [4.78, 5) is 31.4. The normalized spacial score (nSPS) is 14.0. The quantitative estimate of drug-likeness (QED) is 0.297. The number of nitrogens with zero attached hydrogens (tertiary/aromatic N) is 2. The highest BCUT2D eigenvalue weighted by Crippen LogP contribution is 2.34. The van der Waals surface area contributed by atoms with Crippen molar-refractivity contribution < 1.29 is 18.7 Å². The van der Waals surface area contributed by atoms with E-state index in [1.54, 1.807) is 36.2 Å². The Balaban J connectivity index is 1.39. The van der Waals surface area contributed by atoms with Crippen molar-refractivity contribution in [2.45, 2.75) is 25.6 Å². The number of aryl methyl sites for hydroxylation is 1. The lowest BCUT2D eigenvalue weighted by molar-refractivity contribution is -0.111. The molecule has 7 nitrogen and oxygen atoms in total. The summed E-state index contributed by atoms with van der Waals surface area (Å²) >= 11 is 0. The van der Waals surface area contributed by atoms with Crippen molar-refractivity contribution in [3.63, 3.8) is 0 Å². The van der Waals surface area contributed by atoms with Gasteiger partial charge in [0.15, 0.2) is 0 Å². The monoisotopic (exact) mass is 524 g/mol. The van der Waals surface area contributed by atoms with Crippen LogP contribution in [0.2, 0.25) is 0 Å². The van der Waals surface area contributed by atoms with Crippen LogP contribution in [0.3, 0.4) is 0 Å². The molecular weight excluding hydrogens is 495 g/mol. The first-order valence-electron chi connectivity index (χ1n) is 12.6. The van der Waals surface area contributed by atoms with Gasteiger partial charge in [-0.15, -0.1) is 0 Å². The fraction of sp³-hybridized carbons (Fsp3) is 0.194. The second kappa shape index (κ2) is 10.6. The van der Waals surface area contributed by atoms with E-state index in [2.05, 4.69) is 22.2 Å². The molecule has 8 heteroatoms. The largest absolute Gasteiger partial charge is 0.489 e. The van der Waals surface area contributed by atoms with E-state index in [9.17, 15) is 14.0 Å². The number of para-hydroxylation sites is 1. The minimum absolute atomic E-state index is 0.100. The number of fused-ring (bicyclic) bond motifs is 2. The minimum Gasteiger partial charge on any atom is -0.489 e. The van der Waals surface area contributed by atoms with E-state index in [0.717, 1.165) is 27.7 Å². The van der Waals surface area contributed by atoms with Gasteiger partial charge in [0.05, 0.1) is 12.1 Å². The Bertz CT molecular complexity index is 1570. The number of aromatic nitrogens is 1. The zero-order valence-electron chi connectivity index (χ0n) is 21.8. The molecule has 1 unspecified atom stereocenters. The summed E-state index contributed by atoms with van der Waals surface area (Å²) in [7, 11) is 1.69. The topological polar surface area (TPSA) is 83.6 Å². The van der Waals surface area contributed by atoms with E-state index in [1.807, 2.05) is 43.3 Å². The average molecular weight is 525 g/mol. The van der Waals surface area contributed by atoms with Crippen LogP contribution in [0.1, 0.15) is 32.7 Å². The zero-order valence-corrected chi connectivity index (χ0v) is 21.8. The molecule has 2 heterocycles. The number of hydrogen-bond acceptors (Lipinski definition) is 5. The number of amides is 2. The van der Waals surface area contributed by atoms with Crippen LogP contribution >= 0.6 is 0 Å². The molecule has 0 radical (unpaired) electrons. The van der Waals surface area contributed by atoms with Gasteiger partial charge in [0, 0.05) is 41.5 Å². The molecule has 0 spiro atoms. The van der Waals surface area contributed by atoms with Gasteiger partial charge in [-0.1, -0.05) is 36.9 Å². The van der Waals surface area contributed by atoms with E-state index < -0.39 is 11.4 Å². The Morgan fingerprint density at radius 2 is 1.92 bits per heavy atom. The smallest absolute Gasteiger partial charge is 0.254 e. The van der Waals surface area contributed by atoms with E-state index >= 15 is 0 Å². The molecule has 1 aliphatic rings. The fourth-order valence-electron chi connectivity index (χ4n) is 5.16. The van der Waals surface area contributed by atoms with Crippen LogP contribution in [0, 0.1) is 12.7 Å². The first-order chi connectivity index (χ1) is 18.8. The molecule has 198 valence electrons. The highest BCUT2D eigenvalue weighted by atomic mass is 19.1. The molecule has 1 aromatic heterocycles. The summed E-state index contributed by atoms with van der Waals surface area (Å²) in [6.07, 6.45) is 0.566. The van der Waals surface area contributed by atoms with Gasteiger partial charge < -0.3 is 20.3 Å². The Hall–Kier alpha value is -4.72. The first-order valence-corrected chi connectivity index (χ1v) is 12.6. The molecule has 0 aliphatic carbocycles. The van der Waals surface area contributed by atoms with Gasteiger partial charge in [-0.3, -0.25) is 14.6 Å². The van der Waals surface area contributed by atoms with Crippen molar-refractivity contribution in [2.24, 2.45) is 0 Å². The maximum absolute atomic E-state index is 13.7. The lowest BCUT2D eigenvalue weighted by Crippen LogP contribution is -2.54. The standard InChI is InChI=1S/C31H29FN4O3/c1-20-14-23(27-6-4-5-7-29(27)35-20)17-39-26-12-13-28-22(15-26)16-36(30(28)38)18-31(34-19-37,21(2)33-3)24-8-10-25(32)11-9-24/h4-15,19,33H,2,16-18H2,1,3H3,(H,34,37). The second-order valence-electron chi connectivity index (χ2n) is 9.61. The van der Waals surface area contributed by atoms with Crippen LogP contribution < -0.4 is 15.4 Å². The van der Waals surface area contributed by atoms with Crippen LogP contribution in [0.4, 0.5) is 4.39 Å². The summed E-state index contributed by atoms with van der Waals surface area (Å²) in [5.74, 6) is 0.0775. The summed E-state index contributed by atoms with van der Waals surface area (Å²) in [5.41, 5.74) is 4.16. The van der Waals surface area contributed by atoms with Crippen molar-refractivity contribution >= 4 is 23.2 Å². The second-order valence-corrected chi connectivity index (χ2v) is 9.61. The van der Waals surface area contributed by atoms with Crippen LogP contribution in [-0.4, -0.2) is 35.8 Å². The Kier molecular flexibility index (Phi) is 7.02. The lowest BCUT2D eigenvalue weighted by Gasteiger charge is -2.38. The highest BCUT2D eigenvalue weighted by Gasteiger charge is 2.40. The Labute approximate surface area is 226 Å². The van der Waals surface area contributed by atoms with Crippen LogP contribution in [-0.2, 0) is 23.5 Å². The van der Waals surface area contributed by atoms with E-state index in [-0.39, 0.29) is 12.5 Å². The lowest BCUT2D eigenvalue weighted by atomic mass is 9.86. The Morgan fingerprint density at radius 1 is 1.15 bits per heavy atom. The molecule has 0 saturated carbocycles. The number of ether oxygens (including phenoxy) is 1. The molecule has 5 rings (SSSR count). The molecule has 0 saturated heterocycles. The predicted molar refractivity (Wildman–Crippen MR) is 147 cm³/mol. The van der Waals surface area contributed by atoms with Gasteiger partial charge in [0.1, 0.15) is 23.7 Å². The molecule has 2 N–H and O–H groups in total. The number of rotatable bonds is 10. The van der Waals surface area contributed by atoms with Crippen molar-refractivity contribution in [1.29, 1.82) is 0 Å². The SMILES string of the molecule is C=C(NC)C(CN1Cc2cc(OCc3cc(C)nc4ccccc34)ccc2C1=O)(NC=O)c1ccc(F)cc1.